The first-order valence-electron chi connectivity index (χ1n) is 5.69. The molecule has 1 heterocycles. The molecule has 1 aliphatic rings. The molecule has 0 aliphatic carbocycles. The monoisotopic (exact) mass is 295 g/mol. The number of carbonyl (C=O) groups excluding carboxylic acids is 1. The van der Waals surface area contributed by atoms with Crippen molar-refractivity contribution >= 4 is 11.7 Å². The molecule has 1 atom stereocenters. The largest absolute Gasteiger partial charge is 0.456 e. The smallest absolute Gasteiger partial charge is 0.418 e. The number of halogens is 5. The Kier molecular flexibility index (Phi) is 3.58. The van der Waals surface area contributed by atoms with Gasteiger partial charge in [0.05, 0.1) is 18.5 Å². The summed E-state index contributed by atoms with van der Waals surface area (Å²) in [6, 6.07) is 4.65. The number of cyclic esters (lactones) is 1. The van der Waals surface area contributed by atoms with Gasteiger partial charge < -0.3 is 10.1 Å². The van der Waals surface area contributed by atoms with Crippen molar-refractivity contribution in [3.63, 3.8) is 0 Å². The van der Waals surface area contributed by atoms with Crippen LogP contribution in [0.25, 0.3) is 0 Å². The molecule has 0 spiro atoms. The van der Waals surface area contributed by atoms with Gasteiger partial charge in [-0.25, -0.2) is 4.79 Å². The van der Waals surface area contributed by atoms with E-state index in [0.29, 0.717) is 0 Å². The number of nitrogens with one attached hydrogen (secondary N) is 1. The predicted molar refractivity (Wildman–Crippen MR) is 59.4 cm³/mol. The Bertz CT molecular complexity index is 515. The SMILES string of the molecule is O=C1OC(CNc2ccccc2C(F)(F)F)CC1(F)F. The first-order valence-corrected chi connectivity index (χ1v) is 5.69. The van der Waals surface area contributed by atoms with Gasteiger partial charge in [0.2, 0.25) is 0 Å². The number of esters is 1. The van der Waals surface area contributed by atoms with Crippen LogP contribution in [0.2, 0.25) is 0 Å². The number of ether oxygens (including phenoxy) is 1. The Balaban J connectivity index is 2.04. The Morgan fingerprint density at radius 1 is 1.30 bits per heavy atom. The minimum atomic E-state index is -4.56. The van der Waals surface area contributed by atoms with Gasteiger partial charge in [0.15, 0.2) is 0 Å². The summed E-state index contributed by atoms with van der Waals surface area (Å²) in [7, 11) is 0. The highest BCUT2D eigenvalue weighted by molar-refractivity contribution is 5.79. The third kappa shape index (κ3) is 3.00. The quantitative estimate of drug-likeness (QED) is 0.688. The Hall–Kier alpha value is -1.86. The van der Waals surface area contributed by atoms with Crippen LogP contribution in [0.1, 0.15) is 12.0 Å². The average Bonchev–Trinajstić information content (AvgIpc) is 2.60. The van der Waals surface area contributed by atoms with Gasteiger partial charge in [-0.05, 0) is 12.1 Å². The molecule has 1 N–H and O–H groups in total. The van der Waals surface area contributed by atoms with E-state index in [2.05, 4.69) is 10.1 Å². The molecule has 0 amide bonds. The van der Waals surface area contributed by atoms with Gasteiger partial charge in [0.1, 0.15) is 6.10 Å². The standard InChI is InChI=1S/C12H10F5NO2/c13-11(14)5-7(20-10(11)19)6-18-9-4-2-1-3-8(9)12(15,16)17/h1-4,7,18H,5-6H2. The zero-order valence-corrected chi connectivity index (χ0v) is 10.0. The lowest BCUT2D eigenvalue weighted by molar-refractivity contribution is -0.158. The number of carbonyl (C=O) groups is 1. The maximum atomic E-state index is 12.9. The molecule has 1 aromatic carbocycles. The lowest BCUT2D eigenvalue weighted by Crippen LogP contribution is -2.22. The van der Waals surface area contributed by atoms with Crippen molar-refractivity contribution in [3.05, 3.63) is 29.8 Å². The Morgan fingerprint density at radius 3 is 2.50 bits per heavy atom. The van der Waals surface area contributed by atoms with Crippen LogP contribution in [0.3, 0.4) is 0 Å². The number of benzene rings is 1. The number of anilines is 1. The number of rotatable bonds is 3. The van der Waals surface area contributed by atoms with Crippen molar-refractivity contribution in [1.82, 2.24) is 0 Å². The lowest BCUT2D eigenvalue weighted by Gasteiger charge is -2.16. The van der Waals surface area contributed by atoms with E-state index >= 15 is 0 Å². The second kappa shape index (κ2) is 4.92. The molecule has 110 valence electrons. The van der Waals surface area contributed by atoms with Gasteiger partial charge in [-0.2, -0.15) is 22.0 Å². The second-order valence-electron chi connectivity index (χ2n) is 4.36. The summed E-state index contributed by atoms with van der Waals surface area (Å²) >= 11 is 0. The van der Waals surface area contributed by atoms with Gasteiger partial charge in [-0.15, -0.1) is 0 Å². The number of para-hydroxylation sites is 1. The van der Waals surface area contributed by atoms with Crippen molar-refractivity contribution in [2.24, 2.45) is 0 Å². The molecular formula is C12H10F5NO2. The Labute approximate surface area is 110 Å². The zero-order valence-electron chi connectivity index (χ0n) is 10.0. The molecule has 1 saturated heterocycles. The van der Waals surface area contributed by atoms with E-state index < -0.39 is 36.2 Å². The van der Waals surface area contributed by atoms with Crippen LogP contribution in [0, 0.1) is 0 Å². The Morgan fingerprint density at radius 2 is 1.95 bits per heavy atom. The molecular weight excluding hydrogens is 285 g/mol. The maximum Gasteiger partial charge on any atom is 0.418 e. The first-order chi connectivity index (χ1) is 9.20. The van der Waals surface area contributed by atoms with Gasteiger partial charge >= 0.3 is 18.1 Å². The van der Waals surface area contributed by atoms with Gasteiger partial charge in [-0.1, -0.05) is 12.1 Å². The van der Waals surface area contributed by atoms with Crippen LogP contribution in [0.4, 0.5) is 27.6 Å². The highest BCUT2D eigenvalue weighted by atomic mass is 19.4. The van der Waals surface area contributed by atoms with E-state index in [9.17, 15) is 26.7 Å². The number of alkyl halides is 5. The van der Waals surface area contributed by atoms with Gasteiger partial charge in [0.25, 0.3) is 0 Å². The fourth-order valence-corrected chi connectivity index (χ4v) is 1.87. The van der Waals surface area contributed by atoms with E-state index in [1.165, 1.54) is 18.2 Å². The van der Waals surface area contributed by atoms with Crippen molar-refractivity contribution in [3.8, 4) is 0 Å². The van der Waals surface area contributed by atoms with Crippen LogP contribution < -0.4 is 5.32 Å². The summed E-state index contributed by atoms with van der Waals surface area (Å²) in [4.78, 5) is 10.8. The highest BCUT2D eigenvalue weighted by Crippen LogP contribution is 2.35. The molecule has 3 nitrogen and oxygen atoms in total. The van der Waals surface area contributed by atoms with Crippen molar-refractivity contribution < 1.29 is 31.5 Å². The molecule has 0 saturated carbocycles. The zero-order chi connectivity index (χ0) is 15.0. The molecule has 1 aliphatic heterocycles. The summed E-state index contributed by atoms with van der Waals surface area (Å²) in [5.74, 6) is -5.22. The third-order valence-corrected chi connectivity index (χ3v) is 2.81. The van der Waals surface area contributed by atoms with E-state index in [0.717, 1.165) is 6.07 Å². The summed E-state index contributed by atoms with van der Waals surface area (Å²) < 4.78 is 68.3. The lowest BCUT2D eigenvalue weighted by atomic mass is 10.1. The minimum Gasteiger partial charge on any atom is -0.456 e. The summed E-state index contributed by atoms with van der Waals surface area (Å²) in [6.07, 6.45) is -6.55. The molecule has 0 bridgehead atoms. The topological polar surface area (TPSA) is 38.3 Å². The predicted octanol–water partition coefficient (Wildman–Crippen LogP) is 3.07. The van der Waals surface area contributed by atoms with Crippen molar-refractivity contribution in [2.45, 2.75) is 24.6 Å². The second-order valence-corrected chi connectivity index (χ2v) is 4.36. The van der Waals surface area contributed by atoms with Crippen LogP contribution >= 0.6 is 0 Å². The summed E-state index contributed by atoms with van der Waals surface area (Å²) in [6.45, 7) is -0.311. The number of hydrogen-bond donors (Lipinski definition) is 1. The highest BCUT2D eigenvalue weighted by Gasteiger charge is 2.50. The van der Waals surface area contributed by atoms with E-state index in [1.807, 2.05) is 0 Å². The number of hydrogen-bond acceptors (Lipinski definition) is 3. The molecule has 1 unspecified atom stereocenters. The fourth-order valence-electron chi connectivity index (χ4n) is 1.87. The molecule has 8 heteroatoms. The third-order valence-electron chi connectivity index (χ3n) is 2.81. The first kappa shape index (κ1) is 14.5. The van der Waals surface area contributed by atoms with Crippen molar-refractivity contribution in [1.29, 1.82) is 0 Å². The van der Waals surface area contributed by atoms with Crippen LogP contribution in [0.15, 0.2) is 24.3 Å². The van der Waals surface area contributed by atoms with E-state index in [4.69, 9.17) is 0 Å². The molecule has 20 heavy (non-hydrogen) atoms. The average molecular weight is 295 g/mol. The molecule has 1 fully saturated rings. The van der Waals surface area contributed by atoms with Crippen molar-refractivity contribution in [2.75, 3.05) is 11.9 Å². The van der Waals surface area contributed by atoms with E-state index in [-0.39, 0.29) is 12.2 Å². The normalized spacial score (nSPS) is 21.6. The van der Waals surface area contributed by atoms with Crippen LogP contribution in [0.5, 0.6) is 0 Å². The summed E-state index contributed by atoms with van der Waals surface area (Å²) in [5.41, 5.74) is -1.15. The van der Waals surface area contributed by atoms with Crippen LogP contribution in [-0.4, -0.2) is 24.5 Å². The van der Waals surface area contributed by atoms with E-state index in [1.54, 1.807) is 0 Å². The maximum absolute atomic E-state index is 12.9. The fraction of sp³-hybridized carbons (Fsp3) is 0.417. The minimum absolute atomic E-state index is 0.244. The van der Waals surface area contributed by atoms with Gasteiger partial charge in [0, 0.05) is 5.69 Å². The molecule has 0 aromatic heterocycles. The van der Waals surface area contributed by atoms with Gasteiger partial charge in [-0.3, -0.25) is 0 Å². The molecule has 2 rings (SSSR count). The summed E-state index contributed by atoms with van der Waals surface area (Å²) in [5, 5.41) is 2.39. The molecule has 1 aromatic rings. The van der Waals surface area contributed by atoms with Crippen LogP contribution in [-0.2, 0) is 15.7 Å². The molecule has 0 radical (unpaired) electrons.